The second kappa shape index (κ2) is 9.55. The van der Waals surface area contributed by atoms with E-state index in [1.165, 1.54) is 0 Å². The highest BCUT2D eigenvalue weighted by Gasteiger charge is 2.11. The van der Waals surface area contributed by atoms with E-state index in [1.54, 1.807) is 36.7 Å². The number of hydrogen-bond donors (Lipinski definition) is 1. The van der Waals surface area contributed by atoms with Crippen molar-refractivity contribution in [3.8, 4) is 5.88 Å². The van der Waals surface area contributed by atoms with E-state index < -0.39 is 0 Å². The molecule has 154 valence electrons. The maximum absolute atomic E-state index is 12.4. The molecular formula is C23H16Cl2N4O2. The first kappa shape index (κ1) is 20.8. The second-order valence-electron chi connectivity index (χ2n) is 6.48. The first-order chi connectivity index (χ1) is 15.1. The molecule has 0 aliphatic rings. The van der Waals surface area contributed by atoms with Crippen LogP contribution in [0.1, 0.15) is 11.3 Å². The number of nitrogens with zero attached hydrogens (tertiary/aromatic N) is 3. The van der Waals surface area contributed by atoms with E-state index in [2.05, 4.69) is 20.3 Å². The van der Waals surface area contributed by atoms with Gasteiger partial charge < -0.3 is 10.1 Å². The van der Waals surface area contributed by atoms with Gasteiger partial charge in [0.25, 0.3) is 5.91 Å². The van der Waals surface area contributed by atoms with Gasteiger partial charge in [-0.05, 0) is 54.1 Å². The highest BCUT2D eigenvalue weighted by molar-refractivity contribution is 6.42. The van der Waals surface area contributed by atoms with Crippen LogP contribution in [0.25, 0.3) is 23.2 Å². The molecule has 0 saturated heterocycles. The molecule has 0 spiro atoms. The van der Waals surface area contributed by atoms with Gasteiger partial charge in [0.15, 0.2) is 6.61 Å². The first-order valence-electron chi connectivity index (χ1n) is 9.31. The predicted octanol–water partition coefficient (Wildman–Crippen LogP) is 5.52. The van der Waals surface area contributed by atoms with E-state index in [-0.39, 0.29) is 18.4 Å². The quantitative estimate of drug-likeness (QED) is 0.418. The van der Waals surface area contributed by atoms with Gasteiger partial charge in [-0.15, -0.1) is 0 Å². The van der Waals surface area contributed by atoms with Crippen molar-refractivity contribution in [2.75, 3.05) is 11.9 Å². The third-order valence-corrected chi connectivity index (χ3v) is 4.99. The summed E-state index contributed by atoms with van der Waals surface area (Å²) in [5, 5.41) is 3.48. The van der Waals surface area contributed by atoms with Crippen molar-refractivity contribution in [1.29, 1.82) is 0 Å². The molecule has 2 heterocycles. The summed E-state index contributed by atoms with van der Waals surface area (Å²) in [6.45, 7) is -0.247. The van der Waals surface area contributed by atoms with E-state index in [9.17, 15) is 4.79 Å². The van der Waals surface area contributed by atoms with Crippen LogP contribution in [0, 0.1) is 0 Å². The second-order valence-corrected chi connectivity index (χ2v) is 7.30. The van der Waals surface area contributed by atoms with Crippen LogP contribution in [0.15, 0.2) is 67.0 Å². The molecule has 0 fully saturated rings. The first-order valence-corrected chi connectivity index (χ1v) is 10.1. The number of carbonyl (C=O) groups is 1. The standard InChI is InChI=1S/C23H16Cl2N4O2/c24-17-7-6-16(13-18(17)25)27-22(30)14-31-23-21(8-5-15-9-11-26-12-10-15)28-19-3-1-2-4-20(19)29-23/h1-13H,14H2,(H,27,30)/b8-5-. The molecule has 6 nitrogen and oxygen atoms in total. The van der Waals surface area contributed by atoms with Crippen LogP contribution in [-0.2, 0) is 4.79 Å². The molecule has 31 heavy (non-hydrogen) atoms. The number of fused-ring (bicyclic) bond motifs is 1. The van der Waals surface area contributed by atoms with Gasteiger partial charge in [0.05, 0.1) is 21.1 Å². The lowest BCUT2D eigenvalue weighted by atomic mass is 10.2. The predicted molar refractivity (Wildman–Crippen MR) is 123 cm³/mol. The van der Waals surface area contributed by atoms with Gasteiger partial charge in [0.2, 0.25) is 5.88 Å². The summed E-state index contributed by atoms with van der Waals surface area (Å²) in [6, 6.07) is 16.0. The fourth-order valence-corrected chi connectivity index (χ4v) is 3.06. The molecule has 0 saturated carbocycles. The van der Waals surface area contributed by atoms with Crippen molar-refractivity contribution in [3.05, 3.63) is 88.3 Å². The van der Waals surface area contributed by atoms with Crippen molar-refractivity contribution in [2.45, 2.75) is 0 Å². The zero-order valence-corrected chi connectivity index (χ0v) is 17.6. The molecule has 0 unspecified atom stereocenters. The number of para-hydroxylation sites is 2. The largest absolute Gasteiger partial charge is 0.466 e. The molecule has 1 N–H and O–H groups in total. The minimum absolute atomic E-state index is 0.247. The van der Waals surface area contributed by atoms with E-state index in [0.29, 0.717) is 26.9 Å². The number of ether oxygens (including phenoxy) is 1. The molecular weight excluding hydrogens is 435 g/mol. The molecule has 0 radical (unpaired) electrons. The maximum Gasteiger partial charge on any atom is 0.262 e. The van der Waals surface area contributed by atoms with Gasteiger partial charge >= 0.3 is 0 Å². The number of anilines is 1. The van der Waals surface area contributed by atoms with E-state index in [4.69, 9.17) is 27.9 Å². The zero-order chi connectivity index (χ0) is 21.6. The van der Waals surface area contributed by atoms with Crippen molar-refractivity contribution >= 4 is 58.0 Å². The number of pyridine rings is 1. The van der Waals surface area contributed by atoms with Gasteiger partial charge in [-0.2, -0.15) is 0 Å². The maximum atomic E-state index is 12.4. The monoisotopic (exact) mass is 450 g/mol. The van der Waals surface area contributed by atoms with Crippen LogP contribution < -0.4 is 10.1 Å². The minimum atomic E-state index is -0.364. The van der Waals surface area contributed by atoms with Crippen LogP contribution in [0.2, 0.25) is 10.0 Å². The number of rotatable bonds is 6. The summed E-state index contributed by atoms with van der Waals surface area (Å²) < 4.78 is 5.71. The summed E-state index contributed by atoms with van der Waals surface area (Å²) in [5.74, 6) is -0.106. The van der Waals surface area contributed by atoms with Gasteiger partial charge in [0, 0.05) is 18.1 Å². The summed E-state index contributed by atoms with van der Waals surface area (Å²) in [7, 11) is 0. The Kier molecular flexibility index (Phi) is 6.40. The lowest BCUT2D eigenvalue weighted by molar-refractivity contribution is -0.118. The Morgan fingerprint density at radius 2 is 1.68 bits per heavy atom. The molecule has 0 aliphatic carbocycles. The van der Waals surface area contributed by atoms with Crippen molar-refractivity contribution in [3.63, 3.8) is 0 Å². The molecule has 2 aromatic heterocycles. The average Bonchev–Trinajstić information content (AvgIpc) is 2.79. The number of amides is 1. The van der Waals surface area contributed by atoms with Crippen molar-refractivity contribution < 1.29 is 9.53 Å². The van der Waals surface area contributed by atoms with Gasteiger partial charge in [-0.25, -0.2) is 9.97 Å². The number of halogens is 2. The summed E-state index contributed by atoms with van der Waals surface area (Å²) in [4.78, 5) is 25.5. The van der Waals surface area contributed by atoms with E-state index in [0.717, 1.165) is 11.1 Å². The topological polar surface area (TPSA) is 77.0 Å². The van der Waals surface area contributed by atoms with Crippen molar-refractivity contribution in [1.82, 2.24) is 15.0 Å². The Hall–Kier alpha value is -3.48. The molecule has 0 atom stereocenters. The summed E-state index contributed by atoms with van der Waals surface area (Å²) in [5.41, 5.74) is 3.38. The Balaban J connectivity index is 1.54. The minimum Gasteiger partial charge on any atom is -0.466 e. The van der Waals surface area contributed by atoms with Crippen LogP contribution in [0.4, 0.5) is 5.69 Å². The van der Waals surface area contributed by atoms with E-state index in [1.807, 2.05) is 42.5 Å². The van der Waals surface area contributed by atoms with Crippen LogP contribution in [-0.4, -0.2) is 27.5 Å². The number of aromatic nitrogens is 3. The van der Waals surface area contributed by atoms with Crippen LogP contribution in [0.5, 0.6) is 5.88 Å². The van der Waals surface area contributed by atoms with Gasteiger partial charge in [-0.1, -0.05) is 41.4 Å². The number of carbonyl (C=O) groups excluding carboxylic acids is 1. The molecule has 2 aromatic carbocycles. The lowest BCUT2D eigenvalue weighted by Gasteiger charge is -2.10. The SMILES string of the molecule is O=C(COc1nc2ccccc2nc1/C=C\c1ccncc1)Nc1ccc(Cl)c(Cl)c1. The third-order valence-electron chi connectivity index (χ3n) is 4.25. The van der Waals surface area contributed by atoms with Crippen LogP contribution >= 0.6 is 23.2 Å². The number of nitrogens with one attached hydrogen (secondary N) is 1. The normalized spacial score (nSPS) is 11.0. The molecule has 4 aromatic rings. The third kappa shape index (κ3) is 5.36. The highest BCUT2D eigenvalue weighted by atomic mass is 35.5. The summed E-state index contributed by atoms with van der Waals surface area (Å²) in [6.07, 6.45) is 7.08. The average molecular weight is 451 g/mol. The Morgan fingerprint density at radius 3 is 2.42 bits per heavy atom. The van der Waals surface area contributed by atoms with E-state index >= 15 is 0 Å². The summed E-state index contributed by atoms with van der Waals surface area (Å²) >= 11 is 11.9. The molecule has 8 heteroatoms. The highest BCUT2D eigenvalue weighted by Crippen LogP contribution is 2.25. The molecule has 4 rings (SSSR count). The number of hydrogen-bond acceptors (Lipinski definition) is 5. The fourth-order valence-electron chi connectivity index (χ4n) is 2.77. The Bertz CT molecular complexity index is 1260. The van der Waals surface area contributed by atoms with Crippen molar-refractivity contribution in [2.24, 2.45) is 0 Å². The van der Waals surface area contributed by atoms with Gasteiger partial charge in [0.1, 0.15) is 5.69 Å². The smallest absolute Gasteiger partial charge is 0.262 e. The van der Waals surface area contributed by atoms with Crippen LogP contribution in [0.3, 0.4) is 0 Å². The lowest BCUT2D eigenvalue weighted by Crippen LogP contribution is -2.21. The fraction of sp³-hybridized carbons (Fsp3) is 0.0435. The molecule has 1 amide bonds. The van der Waals surface area contributed by atoms with Gasteiger partial charge in [-0.3, -0.25) is 9.78 Å². The Labute approximate surface area is 188 Å². The zero-order valence-electron chi connectivity index (χ0n) is 16.1. The molecule has 0 bridgehead atoms. The molecule has 0 aliphatic heterocycles. The number of benzene rings is 2. The Morgan fingerprint density at radius 1 is 0.935 bits per heavy atom.